The molecule has 1 rings (SSSR count). The van der Waals surface area contributed by atoms with Crippen LogP contribution in [0.1, 0.15) is 11.1 Å². The molecule has 0 fully saturated rings. The summed E-state index contributed by atoms with van der Waals surface area (Å²) >= 11 is 0. The molecule has 0 amide bonds. The van der Waals surface area contributed by atoms with Crippen LogP contribution in [0.15, 0.2) is 12.1 Å². The van der Waals surface area contributed by atoms with Crippen LogP contribution < -0.4 is 0 Å². The molecule has 0 unspecified atom stereocenters. The number of nitro groups is 1. The van der Waals surface area contributed by atoms with E-state index < -0.39 is 28.7 Å². The maximum Gasteiger partial charge on any atom is 0.208 e. The molecule has 0 aliphatic rings. The van der Waals surface area contributed by atoms with Gasteiger partial charge < -0.3 is 0 Å². The average molecular weight is 212 g/mol. The van der Waals surface area contributed by atoms with Crippen molar-refractivity contribution in [2.24, 2.45) is 0 Å². The Morgan fingerprint density at radius 3 is 2.60 bits per heavy atom. The van der Waals surface area contributed by atoms with Crippen LogP contribution in [0.4, 0.5) is 8.78 Å². The molecule has 0 radical (unpaired) electrons. The first-order valence-corrected chi connectivity index (χ1v) is 4.05. The van der Waals surface area contributed by atoms with Crippen molar-refractivity contribution in [2.75, 3.05) is 6.54 Å². The van der Waals surface area contributed by atoms with Gasteiger partial charge in [-0.15, -0.1) is 0 Å². The highest BCUT2D eigenvalue weighted by Crippen LogP contribution is 2.16. The Bertz CT molecular complexity index is 440. The summed E-state index contributed by atoms with van der Waals surface area (Å²) in [5.41, 5.74) is -0.499. The van der Waals surface area contributed by atoms with Gasteiger partial charge in [0.15, 0.2) is 11.6 Å². The van der Waals surface area contributed by atoms with E-state index in [1.165, 1.54) is 12.1 Å². The quantitative estimate of drug-likeness (QED) is 0.565. The predicted octanol–water partition coefficient (Wildman–Crippen LogP) is 1.66. The summed E-state index contributed by atoms with van der Waals surface area (Å²) in [6.07, 6.45) is -0.193. The van der Waals surface area contributed by atoms with Crippen LogP contribution in [-0.4, -0.2) is 11.5 Å². The number of rotatable bonds is 3. The van der Waals surface area contributed by atoms with E-state index in [-0.39, 0.29) is 12.0 Å². The molecule has 0 aliphatic heterocycles. The van der Waals surface area contributed by atoms with Crippen LogP contribution in [-0.2, 0) is 6.42 Å². The van der Waals surface area contributed by atoms with Gasteiger partial charge in [-0.2, -0.15) is 5.26 Å². The van der Waals surface area contributed by atoms with E-state index >= 15 is 0 Å². The molecule has 0 spiro atoms. The summed E-state index contributed by atoms with van der Waals surface area (Å²) in [7, 11) is 0. The molecule has 0 bridgehead atoms. The van der Waals surface area contributed by atoms with E-state index in [9.17, 15) is 18.9 Å². The van der Waals surface area contributed by atoms with Crippen molar-refractivity contribution in [3.05, 3.63) is 45.0 Å². The summed E-state index contributed by atoms with van der Waals surface area (Å²) < 4.78 is 26.2. The smallest absolute Gasteiger partial charge is 0.208 e. The first-order valence-electron chi connectivity index (χ1n) is 4.05. The molecule has 15 heavy (non-hydrogen) atoms. The van der Waals surface area contributed by atoms with Crippen LogP contribution in [0.5, 0.6) is 0 Å². The van der Waals surface area contributed by atoms with Crippen LogP contribution >= 0.6 is 0 Å². The molecule has 0 saturated carbocycles. The predicted molar refractivity (Wildman–Crippen MR) is 46.6 cm³/mol. The second-order valence-electron chi connectivity index (χ2n) is 2.82. The second kappa shape index (κ2) is 4.46. The minimum Gasteiger partial charge on any atom is -0.265 e. The van der Waals surface area contributed by atoms with Gasteiger partial charge in [0, 0.05) is 11.3 Å². The largest absolute Gasteiger partial charge is 0.265 e. The van der Waals surface area contributed by atoms with Gasteiger partial charge in [0.1, 0.15) is 6.07 Å². The van der Waals surface area contributed by atoms with Gasteiger partial charge >= 0.3 is 0 Å². The third kappa shape index (κ3) is 2.47. The summed E-state index contributed by atoms with van der Waals surface area (Å²) in [5, 5.41) is 18.4. The summed E-state index contributed by atoms with van der Waals surface area (Å²) in [4.78, 5) is 9.41. The molecule has 1 aromatic rings. The lowest BCUT2D eigenvalue weighted by Crippen LogP contribution is -2.07. The molecule has 0 N–H and O–H groups in total. The minimum absolute atomic E-state index is 0.0943. The average Bonchev–Trinajstić information content (AvgIpc) is 2.20. The van der Waals surface area contributed by atoms with Crippen LogP contribution in [0.3, 0.4) is 0 Å². The molecule has 0 atom stereocenters. The Morgan fingerprint density at radius 1 is 1.40 bits per heavy atom. The molecular weight excluding hydrogens is 206 g/mol. The second-order valence-corrected chi connectivity index (χ2v) is 2.82. The number of hydrogen-bond donors (Lipinski definition) is 0. The summed E-state index contributed by atoms with van der Waals surface area (Å²) in [6.45, 7) is -0.470. The normalized spacial score (nSPS) is 9.67. The number of nitrogens with zero attached hydrogens (tertiary/aromatic N) is 2. The highest BCUT2D eigenvalue weighted by atomic mass is 19.2. The molecule has 0 saturated heterocycles. The van der Waals surface area contributed by atoms with Crippen molar-refractivity contribution in [1.29, 1.82) is 5.26 Å². The third-order valence-corrected chi connectivity index (χ3v) is 1.85. The highest BCUT2D eigenvalue weighted by Gasteiger charge is 2.14. The zero-order valence-electron chi connectivity index (χ0n) is 7.54. The topological polar surface area (TPSA) is 66.9 Å². The maximum absolute atomic E-state index is 13.2. The van der Waals surface area contributed by atoms with Gasteiger partial charge in [-0.1, -0.05) is 6.07 Å². The van der Waals surface area contributed by atoms with E-state index in [0.29, 0.717) is 0 Å². The van der Waals surface area contributed by atoms with Gasteiger partial charge in [0.05, 0.1) is 5.56 Å². The fraction of sp³-hybridized carbons (Fsp3) is 0.222. The Hall–Kier alpha value is -2.03. The van der Waals surface area contributed by atoms with Crippen molar-refractivity contribution in [3.8, 4) is 6.07 Å². The van der Waals surface area contributed by atoms with E-state index in [1.54, 1.807) is 0 Å². The molecule has 4 nitrogen and oxygen atoms in total. The molecule has 0 aliphatic carbocycles. The first-order chi connectivity index (χ1) is 7.06. The fourth-order valence-corrected chi connectivity index (χ4v) is 1.08. The number of hydrogen-bond acceptors (Lipinski definition) is 3. The van der Waals surface area contributed by atoms with Gasteiger partial charge in [-0.3, -0.25) is 10.1 Å². The van der Waals surface area contributed by atoms with Crippen molar-refractivity contribution in [1.82, 2.24) is 0 Å². The highest BCUT2D eigenvalue weighted by molar-refractivity contribution is 5.34. The van der Waals surface area contributed by atoms with E-state index in [2.05, 4.69) is 0 Å². The Kier molecular flexibility index (Phi) is 3.29. The van der Waals surface area contributed by atoms with E-state index in [4.69, 9.17) is 5.26 Å². The SMILES string of the molecule is N#Cc1ccc(CC[N+](=O)[O-])c(F)c1F. The Morgan fingerprint density at radius 2 is 2.07 bits per heavy atom. The minimum atomic E-state index is -1.25. The molecule has 0 aromatic heterocycles. The zero-order chi connectivity index (χ0) is 11.4. The number of halogens is 2. The molecule has 6 heteroatoms. The van der Waals surface area contributed by atoms with Crippen molar-refractivity contribution < 1.29 is 13.7 Å². The number of benzene rings is 1. The Balaban J connectivity index is 2.98. The van der Waals surface area contributed by atoms with Gasteiger partial charge in [0.2, 0.25) is 6.54 Å². The number of nitriles is 1. The van der Waals surface area contributed by atoms with Crippen LogP contribution in [0.2, 0.25) is 0 Å². The van der Waals surface area contributed by atoms with E-state index in [1.807, 2.05) is 0 Å². The lowest BCUT2D eigenvalue weighted by atomic mass is 10.1. The van der Waals surface area contributed by atoms with Crippen LogP contribution in [0.25, 0.3) is 0 Å². The van der Waals surface area contributed by atoms with Crippen molar-refractivity contribution >= 4 is 0 Å². The van der Waals surface area contributed by atoms with Gasteiger partial charge in [-0.05, 0) is 11.6 Å². The molecular formula is C9H6F2N2O2. The standard InChI is InChI=1S/C9H6F2N2O2/c10-8-6(3-4-13(14)15)1-2-7(5-12)9(8)11/h1-2H,3-4H2. The van der Waals surface area contributed by atoms with Gasteiger partial charge in [0.25, 0.3) is 0 Å². The molecule has 1 aromatic carbocycles. The summed E-state index contributed by atoms with van der Waals surface area (Å²) in [5.74, 6) is -2.44. The Labute approximate surface area is 83.9 Å². The third-order valence-electron chi connectivity index (χ3n) is 1.85. The fourth-order valence-electron chi connectivity index (χ4n) is 1.08. The lowest BCUT2D eigenvalue weighted by Gasteiger charge is -2.01. The van der Waals surface area contributed by atoms with Crippen molar-refractivity contribution in [2.45, 2.75) is 6.42 Å². The van der Waals surface area contributed by atoms with Gasteiger partial charge in [-0.25, -0.2) is 8.78 Å². The zero-order valence-corrected chi connectivity index (χ0v) is 7.54. The molecule has 78 valence electrons. The summed E-state index contributed by atoms with van der Waals surface area (Å²) in [6, 6.07) is 3.77. The van der Waals surface area contributed by atoms with Crippen LogP contribution in [0, 0.1) is 33.1 Å². The maximum atomic E-state index is 13.2. The molecule has 0 heterocycles. The van der Waals surface area contributed by atoms with Crippen molar-refractivity contribution in [3.63, 3.8) is 0 Å². The monoisotopic (exact) mass is 212 g/mol. The lowest BCUT2D eigenvalue weighted by molar-refractivity contribution is -0.479. The first kappa shape index (κ1) is 11.0. The van der Waals surface area contributed by atoms with E-state index in [0.717, 1.165) is 6.07 Å².